The Balaban J connectivity index is 1.06. The fourth-order valence-corrected chi connectivity index (χ4v) is 10.0. The molecule has 0 spiro atoms. The maximum absolute atomic E-state index is 6.65. The summed E-state index contributed by atoms with van der Waals surface area (Å²) in [4.78, 5) is 2.37. The summed E-state index contributed by atoms with van der Waals surface area (Å²) < 4.78 is 9.33. The summed E-state index contributed by atoms with van der Waals surface area (Å²) in [5.41, 5.74) is 15.0. The number of nitrogens with zero attached hydrogens (tertiary/aromatic N) is 1. The smallest absolute Gasteiger partial charge is 0.159 e. The van der Waals surface area contributed by atoms with Crippen LogP contribution in [0, 0.1) is 0 Å². The molecule has 0 bridgehead atoms. The summed E-state index contributed by atoms with van der Waals surface area (Å²) in [6.07, 6.45) is 0. The van der Waals surface area contributed by atoms with Crippen molar-refractivity contribution >= 4 is 70.5 Å². The third kappa shape index (κ3) is 4.65. The zero-order valence-corrected chi connectivity index (χ0v) is 30.8. The molecule has 0 N–H and O–H groups in total. The zero-order valence-electron chi connectivity index (χ0n) is 30.0. The standard InChI is InChI=1S/C51H35NOS/c1-51(2)44-30-34(37-16-10-18-43-41-15-7-9-21-48(41)54-50(37)43)24-28-38(44)39-29-27-36(31-45(39)51)52(35-25-22-33(23-26-35)32-12-4-3-5-13-32)46-19-11-17-42-40-14-6-8-20-47(40)53-49(42)46/h3-31H,1-2H3. The molecule has 256 valence electrons. The predicted octanol–water partition coefficient (Wildman–Crippen LogP) is 15.1. The molecule has 0 aliphatic heterocycles. The monoisotopic (exact) mass is 709 g/mol. The van der Waals surface area contributed by atoms with E-state index in [0.717, 1.165) is 39.0 Å². The van der Waals surface area contributed by atoms with Crippen LogP contribution in [0.3, 0.4) is 0 Å². The third-order valence-electron chi connectivity index (χ3n) is 11.5. The van der Waals surface area contributed by atoms with Crippen LogP contribution in [-0.4, -0.2) is 0 Å². The van der Waals surface area contributed by atoms with E-state index in [2.05, 4.69) is 189 Å². The van der Waals surface area contributed by atoms with Crippen LogP contribution in [0.5, 0.6) is 0 Å². The second-order valence-corrected chi connectivity index (χ2v) is 15.9. The number of hydrogen-bond acceptors (Lipinski definition) is 3. The molecular formula is C51H35NOS. The van der Waals surface area contributed by atoms with E-state index < -0.39 is 0 Å². The van der Waals surface area contributed by atoms with E-state index in [9.17, 15) is 0 Å². The Kier molecular flexibility index (Phi) is 6.80. The minimum atomic E-state index is -0.209. The Morgan fingerprint density at radius 3 is 1.94 bits per heavy atom. The Morgan fingerprint density at radius 2 is 1.09 bits per heavy atom. The quantitative estimate of drug-likeness (QED) is 0.177. The molecule has 11 rings (SSSR count). The van der Waals surface area contributed by atoms with E-state index in [4.69, 9.17) is 4.42 Å². The van der Waals surface area contributed by atoms with Gasteiger partial charge in [-0.2, -0.15) is 0 Å². The Bertz CT molecular complexity index is 3080. The van der Waals surface area contributed by atoms with E-state index in [1.807, 2.05) is 17.4 Å². The van der Waals surface area contributed by atoms with Gasteiger partial charge in [0, 0.05) is 47.7 Å². The molecule has 0 saturated heterocycles. The number of benzene rings is 8. The van der Waals surface area contributed by atoms with Gasteiger partial charge in [0.05, 0.1) is 5.69 Å². The van der Waals surface area contributed by atoms with Gasteiger partial charge in [-0.3, -0.25) is 0 Å². The molecule has 3 heteroatoms. The minimum absolute atomic E-state index is 0.209. The van der Waals surface area contributed by atoms with Crippen molar-refractivity contribution in [2.75, 3.05) is 4.90 Å². The lowest BCUT2D eigenvalue weighted by Crippen LogP contribution is -2.16. The first-order valence-electron chi connectivity index (χ1n) is 18.6. The molecule has 2 heterocycles. The van der Waals surface area contributed by atoms with Crippen LogP contribution in [0.25, 0.3) is 75.5 Å². The first kappa shape index (κ1) is 31.1. The lowest BCUT2D eigenvalue weighted by Gasteiger charge is -2.28. The Morgan fingerprint density at radius 1 is 0.463 bits per heavy atom. The minimum Gasteiger partial charge on any atom is -0.454 e. The van der Waals surface area contributed by atoms with Crippen LogP contribution in [-0.2, 0) is 5.41 Å². The summed E-state index contributed by atoms with van der Waals surface area (Å²) in [5, 5.41) is 4.90. The summed E-state index contributed by atoms with van der Waals surface area (Å²) in [7, 11) is 0. The highest BCUT2D eigenvalue weighted by Crippen LogP contribution is 2.53. The van der Waals surface area contributed by atoms with Crippen LogP contribution in [0.2, 0.25) is 0 Å². The maximum atomic E-state index is 6.65. The maximum Gasteiger partial charge on any atom is 0.159 e. The van der Waals surface area contributed by atoms with Gasteiger partial charge in [-0.25, -0.2) is 0 Å². The Hall–Kier alpha value is -6.42. The molecular weight excluding hydrogens is 675 g/mol. The van der Waals surface area contributed by atoms with Crippen molar-refractivity contribution in [1.29, 1.82) is 0 Å². The van der Waals surface area contributed by atoms with Crippen LogP contribution >= 0.6 is 11.3 Å². The molecule has 0 amide bonds. The third-order valence-corrected chi connectivity index (χ3v) is 12.7. The average Bonchev–Trinajstić information content (AvgIpc) is 3.87. The van der Waals surface area contributed by atoms with Gasteiger partial charge in [-0.15, -0.1) is 11.3 Å². The summed E-state index contributed by atoms with van der Waals surface area (Å²) in [6.45, 7) is 4.76. The molecule has 10 aromatic rings. The van der Waals surface area contributed by atoms with Crippen LogP contribution in [0.15, 0.2) is 180 Å². The normalized spacial score (nSPS) is 13.1. The van der Waals surface area contributed by atoms with E-state index in [0.29, 0.717) is 0 Å². The Labute approximate surface area is 318 Å². The van der Waals surface area contributed by atoms with Gasteiger partial charge in [0.1, 0.15) is 5.58 Å². The summed E-state index contributed by atoms with van der Waals surface area (Å²) in [6, 6.07) is 64.0. The molecule has 0 saturated carbocycles. The van der Waals surface area contributed by atoms with E-state index in [1.165, 1.54) is 64.7 Å². The first-order chi connectivity index (χ1) is 26.5. The summed E-state index contributed by atoms with van der Waals surface area (Å²) in [5.74, 6) is 0. The van der Waals surface area contributed by atoms with Crippen molar-refractivity contribution in [3.8, 4) is 33.4 Å². The molecule has 0 fully saturated rings. The highest BCUT2D eigenvalue weighted by Gasteiger charge is 2.36. The van der Waals surface area contributed by atoms with Crippen molar-refractivity contribution < 1.29 is 4.42 Å². The molecule has 54 heavy (non-hydrogen) atoms. The molecule has 0 radical (unpaired) electrons. The van der Waals surface area contributed by atoms with Crippen LogP contribution in [0.1, 0.15) is 25.0 Å². The zero-order chi connectivity index (χ0) is 36.0. The number of para-hydroxylation sites is 2. The summed E-state index contributed by atoms with van der Waals surface area (Å²) >= 11 is 1.89. The lowest BCUT2D eigenvalue weighted by atomic mass is 9.81. The van der Waals surface area contributed by atoms with Crippen molar-refractivity contribution in [3.63, 3.8) is 0 Å². The number of anilines is 3. The van der Waals surface area contributed by atoms with Gasteiger partial charge in [-0.05, 0) is 93.0 Å². The number of thiophene rings is 1. The van der Waals surface area contributed by atoms with Gasteiger partial charge in [0.15, 0.2) is 5.58 Å². The molecule has 1 aliphatic rings. The number of rotatable bonds is 5. The van der Waals surface area contributed by atoms with Crippen LogP contribution < -0.4 is 4.90 Å². The fourth-order valence-electron chi connectivity index (χ4n) is 8.78. The van der Waals surface area contributed by atoms with Crippen molar-refractivity contribution in [2.45, 2.75) is 19.3 Å². The number of furan rings is 1. The molecule has 0 unspecified atom stereocenters. The molecule has 2 aromatic heterocycles. The second kappa shape index (κ2) is 11.8. The molecule has 1 aliphatic carbocycles. The highest BCUT2D eigenvalue weighted by atomic mass is 32.1. The van der Waals surface area contributed by atoms with Gasteiger partial charge < -0.3 is 9.32 Å². The fraction of sp³-hybridized carbons (Fsp3) is 0.0588. The van der Waals surface area contributed by atoms with Gasteiger partial charge in [0.25, 0.3) is 0 Å². The number of hydrogen-bond donors (Lipinski definition) is 0. The van der Waals surface area contributed by atoms with Gasteiger partial charge >= 0.3 is 0 Å². The second-order valence-electron chi connectivity index (χ2n) is 14.9. The topological polar surface area (TPSA) is 16.4 Å². The SMILES string of the molecule is CC1(C)c2cc(-c3cccc4c3sc3ccccc34)ccc2-c2ccc(N(c3ccc(-c4ccccc4)cc3)c3cccc4c3oc3ccccc34)cc21. The van der Waals surface area contributed by atoms with Crippen molar-refractivity contribution in [3.05, 3.63) is 187 Å². The lowest BCUT2D eigenvalue weighted by molar-refractivity contribution is 0.660. The largest absolute Gasteiger partial charge is 0.454 e. The van der Waals surface area contributed by atoms with E-state index >= 15 is 0 Å². The molecule has 0 atom stereocenters. The van der Waals surface area contributed by atoms with Crippen LogP contribution in [0.4, 0.5) is 17.1 Å². The predicted molar refractivity (Wildman–Crippen MR) is 230 cm³/mol. The number of fused-ring (bicyclic) bond motifs is 9. The molecule has 8 aromatic carbocycles. The highest BCUT2D eigenvalue weighted by molar-refractivity contribution is 7.26. The average molecular weight is 710 g/mol. The first-order valence-corrected chi connectivity index (χ1v) is 19.4. The molecule has 2 nitrogen and oxygen atoms in total. The van der Waals surface area contributed by atoms with Gasteiger partial charge in [0.2, 0.25) is 0 Å². The van der Waals surface area contributed by atoms with Crippen molar-refractivity contribution in [1.82, 2.24) is 0 Å². The van der Waals surface area contributed by atoms with E-state index in [-0.39, 0.29) is 5.41 Å². The van der Waals surface area contributed by atoms with E-state index in [1.54, 1.807) is 0 Å². The van der Waals surface area contributed by atoms with Gasteiger partial charge in [-0.1, -0.05) is 141 Å². The van der Waals surface area contributed by atoms with Crippen molar-refractivity contribution in [2.24, 2.45) is 0 Å².